The first-order chi connectivity index (χ1) is 10.4. The van der Waals surface area contributed by atoms with Gasteiger partial charge in [-0.3, -0.25) is 4.79 Å². The molecular formula is C18H28N2O2. The van der Waals surface area contributed by atoms with E-state index in [9.17, 15) is 4.79 Å². The average Bonchev–Trinajstić information content (AvgIpc) is 2.48. The number of rotatable bonds is 6. The smallest absolute Gasteiger partial charge is 0.267 e. The number of nitrogens with zero attached hydrogens (tertiary/aromatic N) is 1. The van der Waals surface area contributed by atoms with Crippen LogP contribution in [0, 0.1) is 5.92 Å². The van der Waals surface area contributed by atoms with Gasteiger partial charge in [0, 0.05) is 12.6 Å². The summed E-state index contributed by atoms with van der Waals surface area (Å²) in [4.78, 5) is 14.3. The number of nitrogens with two attached hydrogens (primary N) is 1. The zero-order valence-electron chi connectivity index (χ0n) is 14.1. The Morgan fingerprint density at radius 2 is 2.09 bits per heavy atom. The number of hydrogen-bond donors (Lipinski definition) is 1. The van der Waals surface area contributed by atoms with Crippen molar-refractivity contribution in [1.29, 1.82) is 0 Å². The predicted octanol–water partition coefficient (Wildman–Crippen LogP) is 3.65. The molecule has 0 radical (unpaired) electrons. The molecule has 0 aromatic heterocycles. The van der Waals surface area contributed by atoms with Crippen molar-refractivity contribution < 1.29 is 9.53 Å². The largest absolute Gasteiger partial charge is 0.479 e. The third-order valence-corrected chi connectivity index (χ3v) is 4.04. The monoisotopic (exact) mass is 304 g/mol. The van der Waals surface area contributed by atoms with Crippen LogP contribution < -0.4 is 15.4 Å². The third kappa shape index (κ3) is 3.61. The van der Waals surface area contributed by atoms with Crippen molar-refractivity contribution in [2.75, 3.05) is 11.4 Å². The minimum atomic E-state index is -0.425. The van der Waals surface area contributed by atoms with Crippen LogP contribution in [0.4, 0.5) is 5.69 Å². The van der Waals surface area contributed by atoms with Gasteiger partial charge in [-0.15, -0.1) is 0 Å². The molecule has 4 heteroatoms. The molecule has 0 fully saturated rings. The lowest BCUT2D eigenvalue weighted by Crippen LogP contribution is -2.46. The van der Waals surface area contributed by atoms with E-state index in [0.717, 1.165) is 36.3 Å². The van der Waals surface area contributed by atoms with Crippen LogP contribution in [-0.2, 0) is 4.79 Å². The van der Waals surface area contributed by atoms with Crippen LogP contribution in [0.15, 0.2) is 18.2 Å². The first-order valence-electron chi connectivity index (χ1n) is 8.31. The Hall–Kier alpha value is -1.55. The molecule has 4 nitrogen and oxygen atoms in total. The van der Waals surface area contributed by atoms with Gasteiger partial charge in [0.15, 0.2) is 6.10 Å². The van der Waals surface area contributed by atoms with Crippen molar-refractivity contribution in [1.82, 2.24) is 0 Å². The molecule has 0 saturated heterocycles. The maximum atomic E-state index is 12.4. The highest BCUT2D eigenvalue weighted by Gasteiger charge is 2.32. The summed E-state index contributed by atoms with van der Waals surface area (Å²) in [6, 6.07) is 6.02. The Labute approximate surface area is 133 Å². The molecule has 2 unspecified atom stereocenters. The molecule has 0 spiro atoms. The number of ether oxygens (including phenoxy) is 1. The zero-order chi connectivity index (χ0) is 16.3. The highest BCUT2D eigenvalue weighted by molar-refractivity contribution is 5.99. The molecule has 1 aromatic carbocycles. The van der Waals surface area contributed by atoms with E-state index in [1.165, 1.54) is 0 Å². The normalized spacial score (nSPS) is 19.1. The second kappa shape index (κ2) is 7.14. The van der Waals surface area contributed by atoms with E-state index in [4.69, 9.17) is 10.5 Å². The Bertz CT molecular complexity index is 528. The first kappa shape index (κ1) is 16.8. The maximum absolute atomic E-state index is 12.4. The molecule has 2 atom stereocenters. The van der Waals surface area contributed by atoms with E-state index >= 15 is 0 Å². The molecule has 1 aliphatic heterocycles. The highest BCUT2D eigenvalue weighted by Crippen LogP contribution is 2.36. The summed E-state index contributed by atoms with van der Waals surface area (Å²) in [6.45, 7) is 8.90. The zero-order valence-corrected chi connectivity index (χ0v) is 14.1. The number of fused-ring (bicyclic) bond motifs is 1. The SMILES string of the molecule is CCCCC(N)c1ccc2c(c1)N(CC(C)C)C(=O)C(C)O2. The van der Waals surface area contributed by atoms with Crippen molar-refractivity contribution in [2.24, 2.45) is 11.7 Å². The van der Waals surface area contributed by atoms with Crippen LogP contribution in [0.5, 0.6) is 5.75 Å². The third-order valence-electron chi connectivity index (χ3n) is 4.04. The molecule has 2 rings (SSSR count). The quantitative estimate of drug-likeness (QED) is 0.873. The van der Waals surface area contributed by atoms with Crippen LogP contribution in [-0.4, -0.2) is 18.6 Å². The van der Waals surface area contributed by atoms with Gasteiger partial charge >= 0.3 is 0 Å². The molecule has 1 aliphatic rings. The number of carbonyl (C=O) groups is 1. The van der Waals surface area contributed by atoms with Crippen molar-refractivity contribution in [3.8, 4) is 5.75 Å². The second-order valence-corrected chi connectivity index (χ2v) is 6.58. The fourth-order valence-corrected chi connectivity index (χ4v) is 2.80. The lowest BCUT2D eigenvalue weighted by molar-refractivity contribution is -0.125. The molecular weight excluding hydrogens is 276 g/mol. The molecule has 1 amide bonds. The Balaban J connectivity index is 2.32. The molecule has 0 saturated carbocycles. The molecule has 22 heavy (non-hydrogen) atoms. The van der Waals surface area contributed by atoms with Crippen molar-refractivity contribution in [2.45, 2.75) is 59.1 Å². The van der Waals surface area contributed by atoms with Crippen LogP contribution in [0.3, 0.4) is 0 Å². The van der Waals surface area contributed by atoms with Gasteiger partial charge < -0.3 is 15.4 Å². The van der Waals surface area contributed by atoms with Gasteiger partial charge in [-0.2, -0.15) is 0 Å². The summed E-state index contributed by atoms with van der Waals surface area (Å²) in [7, 11) is 0. The van der Waals surface area contributed by atoms with E-state index in [0.29, 0.717) is 12.5 Å². The van der Waals surface area contributed by atoms with Gasteiger partial charge in [0.25, 0.3) is 5.91 Å². The molecule has 0 bridgehead atoms. The topological polar surface area (TPSA) is 55.6 Å². The van der Waals surface area contributed by atoms with Crippen molar-refractivity contribution in [3.05, 3.63) is 23.8 Å². The molecule has 1 heterocycles. The van der Waals surface area contributed by atoms with E-state index in [1.54, 1.807) is 6.92 Å². The Morgan fingerprint density at radius 3 is 2.73 bits per heavy atom. The fourth-order valence-electron chi connectivity index (χ4n) is 2.80. The first-order valence-corrected chi connectivity index (χ1v) is 8.31. The summed E-state index contributed by atoms with van der Waals surface area (Å²) in [5.41, 5.74) is 8.22. The summed E-state index contributed by atoms with van der Waals surface area (Å²) >= 11 is 0. The number of unbranched alkanes of at least 4 members (excludes halogenated alkanes) is 1. The summed E-state index contributed by atoms with van der Waals surface area (Å²) in [6.07, 6.45) is 2.79. The van der Waals surface area contributed by atoms with Crippen LogP contribution in [0.2, 0.25) is 0 Å². The molecule has 0 aliphatic carbocycles. The average molecular weight is 304 g/mol. The number of hydrogen-bond acceptors (Lipinski definition) is 3. The van der Waals surface area contributed by atoms with Gasteiger partial charge in [-0.25, -0.2) is 0 Å². The summed E-state index contributed by atoms with van der Waals surface area (Å²) in [5, 5.41) is 0. The van der Waals surface area contributed by atoms with Crippen LogP contribution in [0.1, 0.15) is 58.6 Å². The molecule has 2 N–H and O–H groups in total. The Kier molecular flexibility index (Phi) is 5.46. The van der Waals surface area contributed by atoms with E-state index in [2.05, 4.69) is 20.8 Å². The van der Waals surface area contributed by atoms with Crippen LogP contribution >= 0.6 is 0 Å². The van der Waals surface area contributed by atoms with Gasteiger partial charge in [0.1, 0.15) is 5.75 Å². The number of amides is 1. The van der Waals surface area contributed by atoms with E-state index < -0.39 is 6.10 Å². The van der Waals surface area contributed by atoms with Gasteiger partial charge in [-0.1, -0.05) is 39.7 Å². The minimum absolute atomic E-state index is 0.0144. The fraction of sp³-hybridized carbons (Fsp3) is 0.611. The van der Waals surface area contributed by atoms with Crippen LogP contribution in [0.25, 0.3) is 0 Å². The molecule has 1 aromatic rings. The maximum Gasteiger partial charge on any atom is 0.267 e. The van der Waals surface area contributed by atoms with Gasteiger partial charge in [0.05, 0.1) is 5.69 Å². The van der Waals surface area contributed by atoms with Crippen molar-refractivity contribution >= 4 is 11.6 Å². The number of carbonyl (C=O) groups excluding carboxylic acids is 1. The number of benzene rings is 1. The van der Waals surface area contributed by atoms with Gasteiger partial charge in [-0.05, 0) is 37.0 Å². The predicted molar refractivity (Wildman–Crippen MR) is 90.2 cm³/mol. The highest BCUT2D eigenvalue weighted by atomic mass is 16.5. The lowest BCUT2D eigenvalue weighted by atomic mass is 10.00. The lowest BCUT2D eigenvalue weighted by Gasteiger charge is -2.34. The Morgan fingerprint density at radius 1 is 1.36 bits per heavy atom. The number of anilines is 1. The van der Waals surface area contributed by atoms with Crippen molar-refractivity contribution in [3.63, 3.8) is 0 Å². The van der Waals surface area contributed by atoms with E-state index in [-0.39, 0.29) is 11.9 Å². The minimum Gasteiger partial charge on any atom is -0.479 e. The van der Waals surface area contributed by atoms with Gasteiger partial charge in [0.2, 0.25) is 0 Å². The molecule has 122 valence electrons. The summed E-state index contributed by atoms with van der Waals surface area (Å²) in [5.74, 6) is 1.21. The summed E-state index contributed by atoms with van der Waals surface area (Å²) < 4.78 is 5.74. The van der Waals surface area contributed by atoms with E-state index in [1.807, 2.05) is 23.1 Å². The second-order valence-electron chi connectivity index (χ2n) is 6.58. The standard InChI is InChI=1S/C18H28N2O2/c1-5-6-7-15(19)14-8-9-17-16(10-14)20(11-12(2)3)18(21)13(4)22-17/h8-10,12-13,15H,5-7,11,19H2,1-4H3.